The van der Waals surface area contributed by atoms with Crippen LogP contribution in [0.25, 0.3) is 10.8 Å². The van der Waals surface area contributed by atoms with Gasteiger partial charge < -0.3 is 10.6 Å². The van der Waals surface area contributed by atoms with Gasteiger partial charge in [-0.25, -0.2) is 0 Å². The quantitative estimate of drug-likeness (QED) is 0.710. The molecule has 0 fully saturated rings. The fourth-order valence-electron chi connectivity index (χ4n) is 2.37. The number of hydrogen-bond acceptors (Lipinski definition) is 2. The van der Waals surface area contributed by atoms with Gasteiger partial charge in [0.2, 0.25) is 0 Å². The molecule has 102 valence electrons. The van der Waals surface area contributed by atoms with Gasteiger partial charge in [-0.3, -0.25) is 0 Å². The highest BCUT2D eigenvalue weighted by molar-refractivity contribution is 5.85. The van der Waals surface area contributed by atoms with E-state index in [0.717, 1.165) is 32.6 Å². The molecule has 0 spiro atoms. The lowest BCUT2D eigenvalue weighted by Gasteiger charge is -2.08. The van der Waals surface area contributed by atoms with Gasteiger partial charge in [-0.2, -0.15) is 0 Å². The number of fused-ring (bicyclic) bond motifs is 1. The first kappa shape index (κ1) is 14.0. The summed E-state index contributed by atoms with van der Waals surface area (Å²) in [6.45, 7) is 6.47. The molecule has 0 saturated heterocycles. The maximum atomic E-state index is 3.52. The van der Waals surface area contributed by atoms with Crippen LogP contribution in [0.1, 0.15) is 18.9 Å². The van der Waals surface area contributed by atoms with Crippen LogP contribution in [0, 0.1) is 0 Å². The van der Waals surface area contributed by atoms with E-state index >= 15 is 0 Å². The topological polar surface area (TPSA) is 24.1 Å². The van der Waals surface area contributed by atoms with E-state index in [1.165, 1.54) is 22.8 Å². The molecule has 19 heavy (non-hydrogen) atoms. The van der Waals surface area contributed by atoms with Gasteiger partial charge in [-0.1, -0.05) is 49.4 Å². The SMILES string of the molecule is CCNCCCNCCc1cccc2ccccc12. The van der Waals surface area contributed by atoms with Crippen LogP contribution in [0.15, 0.2) is 42.5 Å². The molecule has 2 nitrogen and oxygen atoms in total. The summed E-state index contributed by atoms with van der Waals surface area (Å²) in [6.07, 6.45) is 2.30. The van der Waals surface area contributed by atoms with Crippen molar-refractivity contribution in [1.29, 1.82) is 0 Å². The zero-order valence-corrected chi connectivity index (χ0v) is 11.8. The highest BCUT2D eigenvalue weighted by Crippen LogP contribution is 2.18. The number of hydrogen-bond donors (Lipinski definition) is 2. The van der Waals surface area contributed by atoms with E-state index in [4.69, 9.17) is 0 Å². The van der Waals surface area contributed by atoms with Crippen LogP contribution in [0.4, 0.5) is 0 Å². The summed E-state index contributed by atoms with van der Waals surface area (Å²) >= 11 is 0. The zero-order valence-electron chi connectivity index (χ0n) is 11.8. The average Bonchev–Trinajstić information content (AvgIpc) is 2.46. The second kappa shape index (κ2) is 7.93. The smallest absolute Gasteiger partial charge is 0.000812 e. The van der Waals surface area contributed by atoms with Crippen molar-refractivity contribution < 1.29 is 0 Å². The Morgan fingerprint density at radius 3 is 2.53 bits per heavy atom. The van der Waals surface area contributed by atoms with Gasteiger partial charge in [0.15, 0.2) is 0 Å². The van der Waals surface area contributed by atoms with Crippen LogP contribution >= 0.6 is 0 Å². The van der Waals surface area contributed by atoms with Crippen LogP contribution in [-0.2, 0) is 6.42 Å². The Bertz CT molecular complexity index is 488. The zero-order chi connectivity index (χ0) is 13.3. The first-order valence-corrected chi connectivity index (χ1v) is 7.30. The molecule has 0 radical (unpaired) electrons. The van der Waals surface area contributed by atoms with Crippen LogP contribution in [0.3, 0.4) is 0 Å². The van der Waals surface area contributed by atoms with Gasteiger partial charge in [-0.05, 0) is 55.4 Å². The standard InChI is InChI=1S/C17H24N2/c1-2-18-12-6-13-19-14-11-16-9-5-8-15-7-3-4-10-17(15)16/h3-5,7-10,18-19H,2,6,11-14H2,1H3. The van der Waals surface area contributed by atoms with E-state index in [1.807, 2.05) is 0 Å². The molecule has 0 heterocycles. The van der Waals surface area contributed by atoms with Gasteiger partial charge >= 0.3 is 0 Å². The Hall–Kier alpha value is -1.38. The molecule has 0 amide bonds. The molecule has 0 unspecified atom stereocenters. The molecule has 2 rings (SSSR count). The minimum Gasteiger partial charge on any atom is -0.317 e. The molecule has 2 aromatic carbocycles. The largest absolute Gasteiger partial charge is 0.317 e. The third-order valence-electron chi connectivity index (χ3n) is 3.41. The summed E-state index contributed by atoms with van der Waals surface area (Å²) in [6, 6.07) is 15.2. The highest BCUT2D eigenvalue weighted by Gasteiger charge is 1.99. The summed E-state index contributed by atoms with van der Waals surface area (Å²) in [5.41, 5.74) is 1.44. The minimum atomic E-state index is 1.06. The van der Waals surface area contributed by atoms with Crippen molar-refractivity contribution in [3.05, 3.63) is 48.0 Å². The van der Waals surface area contributed by atoms with Crippen molar-refractivity contribution in [3.63, 3.8) is 0 Å². The Morgan fingerprint density at radius 2 is 1.63 bits per heavy atom. The number of nitrogens with one attached hydrogen (secondary N) is 2. The second-order valence-corrected chi connectivity index (χ2v) is 4.85. The van der Waals surface area contributed by atoms with Crippen molar-refractivity contribution in [2.24, 2.45) is 0 Å². The van der Waals surface area contributed by atoms with Crippen LogP contribution in [0.5, 0.6) is 0 Å². The highest BCUT2D eigenvalue weighted by atomic mass is 14.9. The van der Waals surface area contributed by atoms with E-state index in [9.17, 15) is 0 Å². The Balaban J connectivity index is 1.78. The third kappa shape index (κ3) is 4.34. The molecular weight excluding hydrogens is 232 g/mol. The molecule has 2 heteroatoms. The molecule has 0 aliphatic heterocycles. The summed E-state index contributed by atoms with van der Waals surface area (Å²) < 4.78 is 0. The van der Waals surface area contributed by atoms with Crippen LogP contribution in [-0.4, -0.2) is 26.2 Å². The van der Waals surface area contributed by atoms with E-state index < -0.39 is 0 Å². The van der Waals surface area contributed by atoms with Crippen LogP contribution < -0.4 is 10.6 Å². The fourth-order valence-corrected chi connectivity index (χ4v) is 2.37. The van der Waals surface area contributed by atoms with E-state index in [-0.39, 0.29) is 0 Å². The van der Waals surface area contributed by atoms with Gasteiger partial charge in [-0.15, -0.1) is 0 Å². The van der Waals surface area contributed by atoms with Crippen molar-refractivity contribution in [3.8, 4) is 0 Å². The molecule has 0 aliphatic rings. The average molecular weight is 256 g/mol. The third-order valence-corrected chi connectivity index (χ3v) is 3.41. The van der Waals surface area contributed by atoms with Gasteiger partial charge in [0.1, 0.15) is 0 Å². The summed E-state index contributed by atoms with van der Waals surface area (Å²) in [5, 5.41) is 9.59. The molecule has 2 N–H and O–H groups in total. The van der Waals surface area contributed by atoms with Gasteiger partial charge in [0.05, 0.1) is 0 Å². The van der Waals surface area contributed by atoms with Crippen molar-refractivity contribution in [2.75, 3.05) is 26.2 Å². The lowest BCUT2D eigenvalue weighted by Crippen LogP contribution is -2.23. The maximum Gasteiger partial charge on any atom is -0.000812 e. The lowest BCUT2D eigenvalue weighted by atomic mass is 10.0. The molecule has 0 bridgehead atoms. The first-order chi connectivity index (χ1) is 9.42. The summed E-state index contributed by atoms with van der Waals surface area (Å²) in [5.74, 6) is 0. The molecule has 2 aromatic rings. The molecule has 0 saturated carbocycles. The fraction of sp³-hybridized carbons (Fsp3) is 0.412. The second-order valence-electron chi connectivity index (χ2n) is 4.85. The Labute approximate surface area is 116 Å². The van der Waals surface area contributed by atoms with Crippen molar-refractivity contribution >= 4 is 10.8 Å². The molecular formula is C17H24N2. The van der Waals surface area contributed by atoms with E-state index in [2.05, 4.69) is 60.0 Å². The maximum absolute atomic E-state index is 3.52. The normalized spacial score (nSPS) is 11.0. The predicted octanol–water partition coefficient (Wildman–Crippen LogP) is 2.97. The lowest BCUT2D eigenvalue weighted by molar-refractivity contribution is 0.607. The van der Waals surface area contributed by atoms with E-state index in [1.54, 1.807) is 0 Å². The molecule has 0 atom stereocenters. The number of rotatable bonds is 8. The number of benzene rings is 2. The summed E-state index contributed by atoms with van der Waals surface area (Å²) in [4.78, 5) is 0. The predicted molar refractivity (Wildman–Crippen MR) is 83.7 cm³/mol. The van der Waals surface area contributed by atoms with Crippen molar-refractivity contribution in [2.45, 2.75) is 19.8 Å². The molecule has 0 aliphatic carbocycles. The Kier molecular flexibility index (Phi) is 5.86. The Morgan fingerprint density at radius 1 is 0.842 bits per heavy atom. The van der Waals surface area contributed by atoms with Crippen LogP contribution in [0.2, 0.25) is 0 Å². The van der Waals surface area contributed by atoms with E-state index in [0.29, 0.717) is 0 Å². The molecule has 0 aromatic heterocycles. The minimum absolute atomic E-state index is 1.06. The van der Waals surface area contributed by atoms with Crippen molar-refractivity contribution in [1.82, 2.24) is 10.6 Å². The van der Waals surface area contributed by atoms with Gasteiger partial charge in [0, 0.05) is 0 Å². The monoisotopic (exact) mass is 256 g/mol. The first-order valence-electron chi connectivity index (χ1n) is 7.30. The summed E-state index contributed by atoms with van der Waals surface area (Å²) in [7, 11) is 0. The van der Waals surface area contributed by atoms with Gasteiger partial charge in [0.25, 0.3) is 0 Å².